The average molecular weight is 372 g/mol. The van der Waals surface area contributed by atoms with Gasteiger partial charge < -0.3 is 15.0 Å². The van der Waals surface area contributed by atoms with Crippen LogP contribution in [-0.4, -0.2) is 19.1 Å². The Labute approximate surface area is 165 Å². The topological polar surface area (TPSA) is 41.6 Å². The van der Waals surface area contributed by atoms with Crippen molar-refractivity contribution in [2.75, 3.05) is 17.3 Å². The second-order valence-corrected chi connectivity index (χ2v) is 7.11. The van der Waals surface area contributed by atoms with Crippen LogP contribution < -0.4 is 15.0 Å². The average Bonchev–Trinajstić information content (AvgIpc) is 2.75. The highest BCUT2D eigenvalue weighted by Crippen LogP contribution is 2.39. The number of hydrogen-bond donors (Lipinski definition) is 1. The summed E-state index contributed by atoms with van der Waals surface area (Å²) in [4.78, 5) is 15.1. The van der Waals surface area contributed by atoms with Gasteiger partial charge in [-0.15, -0.1) is 0 Å². The summed E-state index contributed by atoms with van der Waals surface area (Å²) in [6, 6.07) is 25.8. The number of rotatable bonds is 4. The molecule has 0 fully saturated rings. The Morgan fingerprint density at radius 1 is 0.964 bits per heavy atom. The van der Waals surface area contributed by atoms with Crippen molar-refractivity contribution in [1.82, 2.24) is 0 Å². The van der Waals surface area contributed by atoms with Crippen LogP contribution in [0.1, 0.15) is 35.3 Å². The van der Waals surface area contributed by atoms with E-state index in [1.807, 2.05) is 77.7 Å². The monoisotopic (exact) mass is 372 g/mol. The first-order valence-electron chi connectivity index (χ1n) is 9.55. The van der Waals surface area contributed by atoms with Crippen LogP contribution in [0.15, 0.2) is 78.9 Å². The molecule has 1 aliphatic heterocycles. The lowest BCUT2D eigenvalue weighted by Crippen LogP contribution is -2.44. The first-order chi connectivity index (χ1) is 13.7. The van der Waals surface area contributed by atoms with Gasteiger partial charge in [-0.2, -0.15) is 0 Å². The van der Waals surface area contributed by atoms with Gasteiger partial charge in [0.05, 0.1) is 13.2 Å². The molecule has 1 amide bonds. The van der Waals surface area contributed by atoms with Gasteiger partial charge in [0.15, 0.2) is 0 Å². The number of fused-ring (bicyclic) bond motifs is 1. The van der Waals surface area contributed by atoms with E-state index in [0.717, 1.165) is 29.1 Å². The smallest absolute Gasteiger partial charge is 0.258 e. The third-order valence-electron chi connectivity index (χ3n) is 5.26. The van der Waals surface area contributed by atoms with E-state index in [-0.39, 0.29) is 18.0 Å². The first kappa shape index (κ1) is 18.1. The van der Waals surface area contributed by atoms with Crippen LogP contribution in [-0.2, 0) is 0 Å². The van der Waals surface area contributed by atoms with Crippen molar-refractivity contribution in [3.63, 3.8) is 0 Å². The Bertz CT molecular complexity index is 954. The molecule has 0 aromatic heterocycles. The lowest BCUT2D eigenvalue weighted by Gasteiger charge is -2.40. The molecule has 4 rings (SSSR count). The second kappa shape index (κ2) is 7.77. The summed E-state index contributed by atoms with van der Waals surface area (Å²) in [7, 11) is 1.67. The molecule has 0 aliphatic carbocycles. The third kappa shape index (κ3) is 3.46. The molecule has 0 saturated heterocycles. The lowest BCUT2D eigenvalue weighted by molar-refractivity contribution is 0.0974. The molecule has 1 aliphatic rings. The molecule has 28 heavy (non-hydrogen) atoms. The van der Waals surface area contributed by atoms with Gasteiger partial charge in [0.1, 0.15) is 5.75 Å². The highest BCUT2D eigenvalue weighted by molar-refractivity contribution is 6.07. The molecule has 3 aromatic carbocycles. The van der Waals surface area contributed by atoms with Crippen molar-refractivity contribution in [3.8, 4) is 5.75 Å². The van der Waals surface area contributed by atoms with Crippen LogP contribution in [0.25, 0.3) is 0 Å². The molecule has 0 radical (unpaired) electrons. The minimum atomic E-state index is 0.0449. The highest BCUT2D eigenvalue weighted by atomic mass is 16.5. The van der Waals surface area contributed by atoms with Crippen molar-refractivity contribution in [1.29, 1.82) is 0 Å². The summed E-state index contributed by atoms with van der Waals surface area (Å²) in [5.41, 5.74) is 3.86. The van der Waals surface area contributed by atoms with E-state index < -0.39 is 0 Å². The Morgan fingerprint density at radius 2 is 1.64 bits per heavy atom. The van der Waals surface area contributed by atoms with E-state index in [0.29, 0.717) is 5.56 Å². The quantitative estimate of drug-likeness (QED) is 0.677. The molecule has 0 saturated carbocycles. The van der Waals surface area contributed by atoms with Crippen LogP contribution >= 0.6 is 0 Å². The minimum absolute atomic E-state index is 0.0449. The van der Waals surface area contributed by atoms with Gasteiger partial charge in [0, 0.05) is 23.0 Å². The maximum absolute atomic E-state index is 13.2. The summed E-state index contributed by atoms with van der Waals surface area (Å²) in [5, 5.41) is 3.62. The van der Waals surface area contributed by atoms with E-state index in [2.05, 4.69) is 18.3 Å². The van der Waals surface area contributed by atoms with Gasteiger partial charge in [0.2, 0.25) is 0 Å². The summed E-state index contributed by atoms with van der Waals surface area (Å²) in [6.45, 7) is 2.11. The van der Waals surface area contributed by atoms with Crippen molar-refractivity contribution < 1.29 is 9.53 Å². The predicted octanol–water partition coefficient (Wildman–Crippen LogP) is 5.29. The zero-order valence-electron chi connectivity index (χ0n) is 16.1. The van der Waals surface area contributed by atoms with Crippen molar-refractivity contribution in [2.45, 2.75) is 25.4 Å². The van der Waals surface area contributed by atoms with Crippen molar-refractivity contribution in [3.05, 3.63) is 90.0 Å². The van der Waals surface area contributed by atoms with Gasteiger partial charge in [0.25, 0.3) is 5.91 Å². The fraction of sp³-hybridized carbons (Fsp3) is 0.208. The number of nitrogens with zero attached hydrogens (tertiary/aromatic N) is 1. The Balaban J connectivity index is 1.65. The molecule has 0 bridgehead atoms. The number of ether oxygens (including phenoxy) is 1. The Kier molecular flexibility index (Phi) is 5.02. The Morgan fingerprint density at radius 3 is 2.36 bits per heavy atom. The van der Waals surface area contributed by atoms with Crippen molar-refractivity contribution >= 4 is 17.3 Å². The second-order valence-electron chi connectivity index (χ2n) is 7.11. The predicted molar refractivity (Wildman–Crippen MR) is 113 cm³/mol. The number of methoxy groups -OCH3 is 1. The number of anilines is 2. The number of para-hydroxylation sites is 1. The standard InChI is InChI=1S/C24H24N2O2/c1-17-16-22(25-19-12-14-20(28-2)15-13-19)21-10-6-7-11-23(21)26(17)24(27)18-8-4-3-5-9-18/h3-15,17,22,25H,16H2,1-2H3. The highest BCUT2D eigenvalue weighted by Gasteiger charge is 2.33. The van der Waals surface area contributed by atoms with Gasteiger partial charge in [-0.05, 0) is 61.4 Å². The molecule has 2 unspecified atom stereocenters. The first-order valence-corrected chi connectivity index (χ1v) is 9.55. The van der Waals surface area contributed by atoms with Gasteiger partial charge >= 0.3 is 0 Å². The fourth-order valence-electron chi connectivity index (χ4n) is 3.87. The SMILES string of the molecule is COc1ccc(NC2CC(C)N(C(=O)c3ccccc3)c3ccccc32)cc1. The molecular weight excluding hydrogens is 348 g/mol. The molecule has 2 atom stereocenters. The fourth-order valence-corrected chi connectivity index (χ4v) is 3.87. The van der Waals surface area contributed by atoms with E-state index in [1.165, 1.54) is 0 Å². The summed E-state index contributed by atoms with van der Waals surface area (Å²) < 4.78 is 5.24. The third-order valence-corrected chi connectivity index (χ3v) is 5.26. The zero-order chi connectivity index (χ0) is 19.5. The number of nitrogens with one attached hydrogen (secondary N) is 1. The number of benzene rings is 3. The lowest BCUT2D eigenvalue weighted by atomic mass is 9.90. The summed E-state index contributed by atoms with van der Waals surface area (Å²) in [6.07, 6.45) is 0.835. The largest absolute Gasteiger partial charge is 0.497 e. The minimum Gasteiger partial charge on any atom is -0.497 e. The Hall–Kier alpha value is -3.27. The molecule has 4 nitrogen and oxygen atoms in total. The number of carbonyl (C=O) groups is 1. The van der Waals surface area contributed by atoms with E-state index >= 15 is 0 Å². The molecular formula is C24H24N2O2. The van der Waals surface area contributed by atoms with Crippen LogP contribution in [0.3, 0.4) is 0 Å². The van der Waals surface area contributed by atoms with Gasteiger partial charge in [-0.3, -0.25) is 4.79 Å². The maximum Gasteiger partial charge on any atom is 0.258 e. The maximum atomic E-state index is 13.2. The summed E-state index contributed by atoms with van der Waals surface area (Å²) in [5.74, 6) is 0.881. The number of amides is 1. The van der Waals surface area contributed by atoms with Gasteiger partial charge in [-0.25, -0.2) is 0 Å². The molecule has 0 spiro atoms. The van der Waals surface area contributed by atoms with E-state index in [1.54, 1.807) is 7.11 Å². The van der Waals surface area contributed by atoms with E-state index in [4.69, 9.17) is 4.74 Å². The molecule has 3 aromatic rings. The van der Waals surface area contributed by atoms with Crippen LogP contribution in [0.4, 0.5) is 11.4 Å². The van der Waals surface area contributed by atoms with Crippen LogP contribution in [0.5, 0.6) is 5.75 Å². The van der Waals surface area contributed by atoms with E-state index in [9.17, 15) is 4.79 Å². The zero-order valence-corrected chi connectivity index (χ0v) is 16.1. The molecule has 1 heterocycles. The number of carbonyl (C=O) groups excluding carboxylic acids is 1. The van der Waals surface area contributed by atoms with Crippen LogP contribution in [0, 0.1) is 0 Å². The molecule has 1 N–H and O–H groups in total. The van der Waals surface area contributed by atoms with Crippen LogP contribution in [0.2, 0.25) is 0 Å². The summed E-state index contributed by atoms with van der Waals surface area (Å²) >= 11 is 0. The normalized spacial score (nSPS) is 18.3. The van der Waals surface area contributed by atoms with Gasteiger partial charge in [-0.1, -0.05) is 36.4 Å². The molecule has 142 valence electrons. The number of hydrogen-bond acceptors (Lipinski definition) is 3. The molecule has 4 heteroatoms. The van der Waals surface area contributed by atoms with Crippen molar-refractivity contribution in [2.24, 2.45) is 0 Å².